The minimum Gasteiger partial charge on any atom is -0.507 e. The first-order valence-corrected chi connectivity index (χ1v) is 7.19. The summed E-state index contributed by atoms with van der Waals surface area (Å²) in [5.74, 6) is -0.610. The normalized spacial score (nSPS) is 10.4. The molecule has 0 saturated heterocycles. The summed E-state index contributed by atoms with van der Waals surface area (Å²) in [5, 5.41) is 13.1. The molecule has 1 amide bonds. The van der Waals surface area contributed by atoms with Crippen LogP contribution in [0.3, 0.4) is 0 Å². The van der Waals surface area contributed by atoms with Crippen molar-refractivity contribution in [3.05, 3.63) is 56.0 Å². The Hall–Kier alpha value is -1.23. The van der Waals surface area contributed by atoms with Crippen LogP contribution in [-0.2, 0) is 0 Å². The van der Waals surface area contributed by atoms with Gasteiger partial charge in [0.2, 0.25) is 0 Å². The molecule has 3 nitrogen and oxygen atoms in total. The van der Waals surface area contributed by atoms with Gasteiger partial charge in [-0.3, -0.25) is 4.79 Å². The summed E-state index contributed by atoms with van der Waals surface area (Å²) in [7, 11) is 0. The Morgan fingerprint density at radius 1 is 1.25 bits per heavy atom. The van der Waals surface area contributed by atoms with Crippen LogP contribution in [0.1, 0.15) is 15.9 Å². The van der Waals surface area contributed by atoms with E-state index < -0.39 is 5.91 Å². The topological polar surface area (TPSA) is 49.3 Å². The highest BCUT2D eigenvalue weighted by Crippen LogP contribution is 2.33. The van der Waals surface area contributed by atoms with Gasteiger partial charge in [0.1, 0.15) is 5.75 Å². The molecule has 0 saturated carbocycles. The second-order valence-corrected chi connectivity index (χ2v) is 5.87. The van der Waals surface area contributed by atoms with Crippen LogP contribution in [-0.4, -0.2) is 11.0 Å². The van der Waals surface area contributed by atoms with E-state index >= 15 is 0 Å². The number of rotatable bonds is 2. The molecule has 2 aromatic carbocycles. The number of aromatic hydroxyl groups is 1. The molecule has 0 fully saturated rings. The molecule has 0 aliphatic heterocycles. The van der Waals surface area contributed by atoms with E-state index in [9.17, 15) is 9.90 Å². The Morgan fingerprint density at radius 2 is 1.95 bits per heavy atom. The van der Waals surface area contributed by atoms with Gasteiger partial charge in [-0.15, -0.1) is 0 Å². The van der Waals surface area contributed by atoms with Crippen molar-refractivity contribution in [1.29, 1.82) is 0 Å². The predicted octanol–water partition coefficient (Wildman–Crippen LogP) is 5.02. The first kappa shape index (κ1) is 15.2. The van der Waals surface area contributed by atoms with Crippen LogP contribution >= 0.6 is 39.1 Å². The summed E-state index contributed by atoms with van der Waals surface area (Å²) in [5.41, 5.74) is 1.27. The fourth-order valence-electron chi connectivity index (χ4n) is 1.65. The smallest absolute Gasteiger partial charge is 0.259 e. The number of aryl methyl sites for hydroxylation is 1. The fraction of sp³-hybridized carbons (Fsp3) is 0.0714. The molecule has 2 N–H and O–H groups in total. The average Bonchev–Trinajstić information content (AvgIpc) is 2.39. The number of carbonyl (C=O) groups excluding carboxylic acids is 1. The third-order valence-electron chi connectivity index (χ3n) is 2.73. The zero-order valence-corrected chi connectivity index (χ0v) is 13.5. The molecule has 0 atom stereocenters. The number of carbonyl (C=O) groups is 1. The number of amides is 1. The van der Waals surface area contributed by atoms with Crippen LogP contribution < -0.4 is 5.32 Å². The van der Waals surface area contributed by atoms with Gasteiger partial charge in [-0.05, 0) is 36.8 Å². The summed E-state index contributed by atoms with van der Waals surface area (Å²) in [6, 6.07) is 8.02. The summed E-state index contributed by atoms with van der Waals surface area (Å²) in [4.78, 5) is 12.2. The maximum Gasteiger partial charge on any atom is 0.259 e. The highest BCUT2D eigenvalue weighted by molar-refractivity contribution is 9.10. The Bertz CT molecular complexity index is 689. The first-order valence-electron chi connectivity index (χ1n) is 5.64. The van der Waals surface area contributed by atoms with Crippen LogP contribution in [0.25, 0.3) is 0 Å². The lowest BCUT2D eigenvalue weighted by atomic mass is 10.1. The Balaban J connectivity index is 2.35. The lowest BCUT2D eigenvalue weighted by Crippen LogP contribution is -2.13. The summed E-state index contributed by atoms with van der Waals surface area (Å²) in [6.45, 7) is 1.81. The van der Waals surface area contributed by atoms with Crippen LogP contribution in [0.5, 0.6) is 5.75 Å². The zero-order chi connectivity index (χ0) is 14.9. The number of halogens is 3. The van der Waals surface area contributed by atoms with E-state index in [1.807, 2.05) is 6.92 Å². The number of hydrogen-bond acceptors (Lipinski definition) is 2. The van der Waals surface area contributed by atoms with E-state index in [0.29, 0.717) is 20.2 Å². The standard InChI is InChI=1S/C14H10BrCl2NO2/c1-7-2-5-10(16)13(12(7)17)18-14(20)9-4-3-8(15)6-11(9)19/h2-6,19H,1H3,(H,18,20). The van der Waals surface area contributed by atoms with Gasteiger partial charge in [0.05, 0.1) is 21.3 Å². The van der Waals surface area contributed by atoms with Crippen molar-refractivity contribution in [2.24, 2.45) is 0 Å². The minimum absolute atomic E-state index is 0.128. The predicted molar refractivity (Wildman–Crippen MR) is 85.0 cm³/mol. The van der Waals surface area contributed by atoms with Crippen molar-refractivity contribution in [2.45, 2.75) is 6.92 Å². The van der Waals surface area contributed by atoms with Crippen LogP contribution in [0.2, 0.25) is 10.0 Å². The second kappa shape index (κ2) is 6.04. The molecule has 0 unspecified atom stereocenters. The maximum absolute atomic E-state index is 12.2. The SMILES string of the molecule is Cc1ccc(Cl)c(NC(=O)c2ccc(Br)cc2O)c1Cl. The van der Waals surface area contributed by atoms with Crippen LogP contribution in [0.4, 0.5) is 5.69 Å². The molecule has 0 heterocycles. The van der Waals surface area contributed by atoms with Gasteiger partial charge in [-0.2, -0.15) is 0 Å². The Labute approximate surface area is 134 Å². The van der Waals surface area contributed by atoms with Crippen molar-refractivity contribution in [3.63, 3.8) is 0 Å². The molecule has 2 rings (SSSR count). The average molecular weight is 375 g/mol. The van der Waals surface area contributed by atoms with E-state index in [0.717, 1.165) is 5.56 Å². The van der Waals surface area contributed by atoms with Crippen LogP contribution in [0.15, 0.2) is 34.8 Å². The van der Waals surface area contributed by atoms with Crippen molar-refractivity contribution >= 4 is 50.7 Å². The summed E-state index contributed by atoms with van der Waals surface area (Å²) in [6.07, 6.45) is 0. The van der Waals surface area contributed by atoms with Gasteiger partial charge in [-0.25, -0.2) is 0 Å². The second-order valence-electron chi connectivity index (χ2n) is 4.17. The molecule has 2 aromatic rings. The van der Waals surface area contributed by atoms with Gasteiger partial charge in [0.25, 0.3) is 5.91 Å². The molecule has 0 aromatic heterocycles. The number of phenolic OH excluding ortho intramolecular Hbond substituents is 1. The fourth-order valence-corrected chi connectivity index (χ4v) is 2.46. The van der Waals surface area contributed by atoms with Crippen molar-refractivity contribution in [1.82, 2.24) is 0 Å². The summed E-state index contributed by atoms with van der Waals surface area (Å²) >= 11 is 15.4. The number of anilines is 1. The maximum atomic E-state index is 12.2. The van der Waals surface area contributed by atoms with Crippen molar-refractivity contribution in [2.75, 3.05) is 5.32 Å². The van der Waals surface area contributed by atoms with Gasteiger partial charge >= 0.3 is 0 Å². The molecule has 0 radical (unpaired) electrons. The minimum atomic E-state index is -0.482. The van der Waals surface area contributed by atoms with Gasteiger partial charge in [-0.1, -0.05) is 45.2 Å². The molecule has 20 heavy (non-hydrogen) atoms. The molecular weight excluding hydrogens is 365 g/mol. The van der Waals surface area contributed by atoms with Crippen molar-refractivity contribution < 1.29 is 9.90 Å². The molecular formula is C14H10BrCl2NO2. The third kappa shape index (κ3) is 3.08. The lowest BCUT2D eigenvalue weighted by molar-refractivity contribution is 0.102. The van der Waals surface area contributed by atoms with E-state index in [4.69, 9.17) is 23.2 Å². The number of phenols is 1. The van der Waals surface area contributed by atoms with Gasteiger partial charge < -0.3 is 10.4 Å². The highest BCUT2D eigenvalue weighted by Gasteiger charge is 2.16. The highest BCUT2D eigenvalue weighted by atomic mass is 79.9. The largest absolute Gasteiger partial charge is 0.507 e. The van der Waals surface area contributed by atoms with Gasteiger partial charge in [0, 0.05) is 4.47 Å². The Kier molecular flexibility index (Phi) is 4.58. The molecule has 0 bridgehead atoms. The monoisotopic (exact) mass is 373 g/mol. The molecule has 0 aliphatic rings. The molecule has 104 valence electrons. The Morgan fingerprint density at radius 3 is 2.60 bits per heavy atom. The quantitative estimate of drug-likeness (QED) is 0.775. The number of nitrogens with one attached hydrogen (secondary N) is 1. The zero-order valence-electron chi connectivity index (χ0n) is 10.4. The van der Waals surface area contributed by atoms with E-state index in [2.05, 4.69) is 21.2 Å². The molecule has 0 aliphatic carbocycles. The lowest BCUT2D eigenvalue weighted by Gasteiger charge is -2.12. The first-order chi connectivity index (χ1) is 9.40. The van der Waals surface area contributed by atoms with E-state index in [1.54, 1.807) is 18.2 Å². The number of benzene rings is 2. The summed E-state index contributed by atoms with van der Waals surface area (Å²) < 4.78 is 0.679. The third-order valence-corrected chi connectivity index (χ3v) is 4.02. The van der Waals surface area contributed by atoms with Crippen LogP contribution in [0, 0.1) is 6.92 Å². The van der Waals surface area contributed by atoms with E-state index in [-0.39, 0.29) is 11.3 Å². The van der Waals surface area contributed by atoms with Crippen molar-refractivity contribution in [3.8, 4) is 5.75 Å². The van der Waals surface area contributed by atoms with E-state index in [1.165, 1.54) is 12.1 Å². The molecule has 0 spiro atoms. The van der Waals surface area contributed by atoms with Gasteiger partial charge in [0.15, 0.2) is 0 Å². The number of hydrogen-bond donors (Lipinski definition) is 2. The molecule has 6 heteroatoms.